The zero-order valence-corrected chi connectivity index (χ0v) is 31.1. The monoisotopic (exact) mass is 725 g/mol. The van der Waals surface area contributed by atoms with Gasteiger partial charge in [-0.15, -0.1) is 0 Å². The summed E-state index contributed by atoms with van der Waals surface area (Å²) in [6.45, 7) is 0. The molecule has 57 heavy (non-hydrogen) atoms. The topological polar surface area (TPSA) is 13.1 Å². The van der Waals surface area contributed by atoms with Crippen LogP contribution in [0.2, 0.25) is 0 Å². The van der Waals surface area contributed by atoms with Crippen LogP contribution in [0.15, 0.2) is 194 Å². The molecule has 0 fully saturated rings. The summed E-state index contributed by atoms with van der Waals surface area (Å²) in [5.41, 5.74) is 12.4. The number of allylic oxidation sites excluding steroid dienone is 4. The molecular weight excluding hydrogens is 691 g/mol. The second-order valence-corrected chi connectivity index (χ2v) is 15.6. The number of para-hydroxylation sites is 3. The van der Waals surface area contributed by atoms with E-state index in [0.717, 1.165) is 29.2 Å². The van der Waals surface area contributed by atoms with Crippen molar-refractivity contribution in [3.8, 4) is 5.69 Å². The first-order valence-electron chi connectivity index (χ1n) is 20.0. The number of benzene rings is 9. The van der Waals surface area contributed by atoms with Crippen molar-refractivity contribution in [1.29, 1.82) is 0 Å². The summed E-state index contributed by atoms with van der Waals surface area (Å²) in [5.74, 6) is 0. The molecule has 1 aliphatic carbocycles. The number of rotatable bonds is 4. The quantitative estimate of drug-likeness (QED) is 0.165. The predicted molar refractivity (Wildman–Crippen MR) is 242 cm³/mol. The lowest BCUT2D eigenvalue weighted by atomic mass is 9.93. The Morgan fingerprint density at radius 1 is 0.421 bits per heavy atom. The average Bonchev–Trinajstić information content (AvgIpc) is 3.92. The van der Waals surface area contributed by atoms with Gasteiger partial charge in [-0.1, -0.05) is 127 Å². The average molecular weight is 726 g/mol. The van der Waals surface area contributed by atoms with Gasteiger partial charge >= 0.3 is 0 Å². The van der Waals surface area contributed by atoms with E-state index in [-0.39, 0.29) is 0 Å². The largest absolute Gasteiger partial charge is 0.332 e. The van der Waals surface area contributed by atoms with E-state index in [1.54, 1.807) is 0 Å². The van der Waals surface area contributed by atoms with Crippen LogP contribution < -0.4 is 4.90 Å². The Bertz CT molecular complexity index is 3530. The van der Waals surface area contributed by atoms with Gasteiger partial charge in [0, 0.05) is 55.4 Å². The molecule has 0 spiro atoms. The molecule has 3 nitrogen and oxygen atoms in total. The molecular formula is C54H35N3. The van der Waals surface area contributed by atoms with E-state index in [1.165, 1.54) is 87.1 Å². The SMILES string of the molecule is C1=CCC2C(=C1)c1cccc3c4cc(N(c5ccc6c7ccccc7c7ccccc7c6c5)c5ccc6c(c5)c5ccccc5n6-c5ccccc5)ccc4n2c13. The second-order valence-electron chi connectivity index (χ2n) is 15.6. The molecule has 1 aliphatic heterocycles. The van der Waals surface area contributed by atoms with Crippen LogP contribution in [0.4, 0.5) is 17.1 Å². The van der Waals surface area contributed by atoms with Gasteiger partial charge in [-0.05, 0) is 111 Å². The Labute approximate surface area is 329 Å². The van der Waals surface area contributed by atoms with E-state index in [9.17, 15) is 0 Å². The van der Waals surface area contributed by atoms with Crippen LogP contribution >= 0.6 is 0 Å². The van der Waals surface area contributed by atoms with Gasteiger partial charge in [-0.25, -0.2) is 0 Å². The van der Waals surface area contributed by atoms with Crippen LogP contribution in [-0.4, -0.2) is 9.13 Å². The van der Waals surface area contributed by atoms with Crippen LogP contribution in [-0.2, 0) is 0 Å². The van der Waals surface area contributed by atoms with Gasteiger partial charge in [-0.3, -0.25) is 0 Å². The van der Waals surface area contributed by atoms with Crippen LogP contribution in [0.25, 0.3) is 87.2 Å². The van der Waals surface area contributed by atoms with E-state index < -0.39 is 0 Å². The zero-order chi connectivity index (χ0) is 37.2. The number of nitrogens with zero attached hydrogens (tertiary/aromatic N) is 3. The van der Waals surface area contributed by atoms with E-state index in [0.29, 0.717) is 6.04 Å². The summed E-state index contributed by atoms with van der Waals surface area (Å²) in [6.07, 6.45) is 7.86. The molecule has 11 aromatic rings. The Balaban J connectivity index is 1.09. The first kappa shape index (κ1) is 30.9. The van der Waals surface area contributed by atoms with E-state index >= 15 is 0 Å². The summed E-state index contributed by atoms with van der Waals surface area (Å²) in [4.78, 5) is 2.48. The molecule has 3 heteroatoms. The van der Waals surface area contributed by atoms with Crippen molar-refractivity contribution < 1.29 is 0 Å². The van der Waals surface area contributed by atoms with Crippen molar-refractivity contribution in [2.75, 3.05) is 4.90 Å². The number of aromatic nitrogens is 2. The summed E-state index contributed by atoms with van der Waals surface area (Å²) >= 11 is 0. The smallest absolute Gasteiger partial charge is 0.0633 e. The third-order valence-electron chi connectivity index (χ3n) is 12.7. The number of hydrogen-bond donors (Lipinski definition) is 0. The molecule has 0 bridgehead atoms. The van der Waals surface area contributed by atoms with Crippen molar-refractivity contribution in [2.45, 2.75) is 12.5 Å². The van der Waals surface area contributed by atoms with Gasteiger partial charge in [0.25, 0.3) is 0 Å². The maximum atomic E-state index is 2.60. The third-order valence-corrected chi connectivity index (χ3v) is 12.7. The molecule has 13 rings (SSSR count). The van der Waals surface area contributed by atoms with Crippen molar-refractivity contribution in [3.05, 3.63) is 200 Å². The molecule has 0 amide bonds. The van der Waals surface area contributed by atoms with Crippen molar-refractivity contribution in [2.24, 2.45) is 0 Å². The molecule has 3 heterocycles. The molecule has 266 valence electrons. The molecule has 0 saturated carbocycles. The highest BCUT2D eigenvalue weighted by molar-refractivity contribution is 6.26. The fraction of sp³-hybridized carbons (Fsp3) is 0.0370. The minimum Gasteiger partial charge on any atom is -0.332 e. The standard InChI is InChI=1S/C54H35N3/c1-2-13-34(14-3-1)56-50-23-10-9-20-44(50)48-32-36(26-29-52(48)56)55(35-25-28-42-40-17-5-4-15-38(40)39-16-6-7-18-41(39)47(42)31-35)37-27-30-53-49(33-37)46-22-12-21-45-43-19-8-11-24-51(43)57(53)54(45)46/h1-23,25-33,51H,24H2. The summed E-state index contributed by atoms with van der Waals surface area (Å²) < 4.78 is 4.99. The fourth-order valence-corrected chi connectivity index (χ4v) is 10.4. The van der Waals surface area contributed by atoms with Crippen molar-refractivity contribution in [1.82, 2.24) is 9.13 Å². The molecule has 0 saturated heterocycles. The molecule has 2 aliphatic rings. The lowest BCUT2D eigenvalue weighted by Crippen LogP contribution is -2.10. The summed E-state index contributed by atoms with van der Waals surface area (Å²) in [6, 6.07) is 65.7. The Hall–Kier alpha value is -7.36. The highest BCUT2D eigenvalue weighted by Gasteiger charge is 2.32. The predicted octanol–water partition coefficient (Wildman–Crippen LogP) is 14.7. The maximum Gasteiger partial charge on any atom is 0.0633 e. The van der Waals surface area contributed by atoms with Crippen LogP contribution in [0.1, 0.15) is 18.0 Å². The lowest BCUT2D eigenvalue weighted by molar-refractivity contribution is 0.684. The Morgan fingerprint density at radius 2 is 0.965 bits per heavy atom. The zero-order valence-electron chi connectivity index (χ0n) is 31.1. The van der Waals surface area contributed by atoms with Gasteiger partial charge < -0.3 is 14.0 Å². The Kier molecular flexibility index (Phi) is 6.28. The van der Waals surface area contributed by atoms with E-state index in [1.807, 2.05) is 0 Å². The minimum atomic E-state index is 0.335. The second kappa shape index (κ2) is 11.6. The minimum absolute atomic E-state index is 0.335. The molecule has 1 atom stereocenters. The van der Waals surface area contributed by atoms with E-state index in [2.05, 4.69) is 208 Å². The molecule has 1 unspecified atom stereocenters. The first-order valence-corrected chi connectivity index (χ1v) is 20.0. The lowest BCUT2D eigenvalue weighted by Gasteiger charge is -2.27. The summed E-state index contributed by atoms with van der Waals surface area (Å²) in [7, 11) is 0. The number of anilines is 3. The normalized spacial score (nSPS) is 14.8. The van der Waals surface area contributed by atoms with Gasteiger partial charge in [0.05, 0.1) is 22.6 Å². The number of hydrogen-bond acceptors (Lipinski definition) is 1. The van der Waals surface area contributed by atoms with Gasteiger partial charge in [0.15, 0.2) is 0 Å². The highest BCUT2D eigenvalue weighted by Crippen LogP contribution is 2.50. The van der Waals surface area contributed by atoms with E-state index in [4.69, 9.17) is 0 Å². The highest BCUT2D eigenvalue weighted by atomic mass is 15.1. The maximum absolute atomic E-state index is 2.60. The number of fused-ring (bicyclic) bond motifs is 15. The summed E-state index contributed by atoms with van der Waals surface area (Å²) in [5, 5.41) is 12.7. The van der Waals surface area contributed by atoms with Crippen molar-refractivity contribution in [3.63, 3.8) is 0 Å². The van der Waals surface area contributed by atoms with Gasteiger partial charge in [0.1, 0.15) is 0 Å². The van der Waals surface area contributed by atoms with Crippen LogP contribution in [0, 0.1) is 0 Å². The first-order chi connectivity index (χ1) is 28.3. The Morgan fingerprint density at radius 3 is 1.70 bits per heavy atom. The van der Waals surface area contributed by atoms with Crippen LogP contribution in [0.3, 0.4) is 0 Å². The van der Waals surface area contributed by atoms with Crippen molar-refractivity contribution >= 4 is 98.6 Å². The molecule has 2 aromatic heterocycles. The molecule has 9 aromatic carbocycles. The fourth-order valence-electron chi connectivity index (χ4n) is 10.4. The van der Waals surface area contributed by atoms with Crippen LogP contribution in [0.5, 0.6) is 0 Å². The third kappa shape index (κ3) is 4.26. The molecule has 0 radical (unpaired) electrons. The van der Waals surface area contributed by atoms with Gasteiger partial charge in [0.2, 0.25) is 0 Å². The van der Waals surface area contributed by atoms with Gasteiger partial charge in [-0.2, -0.15) is 0 Å². The molecule has 0 N–H and O–H groups in total.